The first-order valence-electron chi connectivity index (χ1n) is 6.81. The van der Waals surface area contributed by atoms with E-state index in [9.17, 15) is 4.79 Å². The minimum atomic E-state index is -0.464. The van der Waals surface area contributed by atoms with Crippen molar-refractivity contribution >= 4 is 55.1 Å². The first kappa shape index (κ1) is 17.0. The molecule has 0 aromatic heterocycles. The summed E-state index contributed by atoms with van der Waals surface area (Å²) in [7, 11) is 0. The number of nitrogens with one attached hydrogen (secondary N) is 1. The Kier molecular flexibility index (Phi) is 5.16. The van der Waals surface area contributed by atoms with Crippen LogP contribution in [0.25, 0.3) is 0 Å². The number of nitrogens with zero attached hydrogens (tertiary/aromatic N) is 1. The summed E-state index contributed by atoms with van der Waals surface area (Å²) in [6.45, 7) is 3.99. The van der Waals surface area contributed by atoms with Gasteiger partial charge in [-0.15, -0.1) is 0 Å². The van der Waals surface area contributed by atoms with E-state index in [1.54, 1.807) is 0 Å². The van der Waals surface area contributed by atoms with Gasteiger partial charge in [0.05, 0.1) is 14.4 Å². The number of alkyl halides is 2. The Hall–Kier alpha value is -0.390. The molecule has 0 aliphatic heterocycles. The Morgan fingerprint density at radius 1 is 1.38 bits per heavy atom. The second-order valence-electron chi connectivity index (χ2n) is 5.47. The van der Waals surface area contributed by atoms with Gasteiger partial charge >= 0.3 is 0 Å². The molecule has 3 nitrogen and oxygen atoms in total. The molecule has 114 valence electrons. The Bertz CT molecular complexity index is 572. The average molecular weight is 437 g/mol. The third-order valence-corrected chi connectivity index (χ3v) is 6.28. The van der Waals surface area contributed by atoms with E-state index in [1.165, 1.54) is 0 Å². The smallest absolute Gasteiger partial charge is 0.248 e. The van der Waals surface area contributed by atoms with Crippen LogP contribution in [0.3, 0.4) is 0 Å². The molecule has 1 N–H and O–H groups in total. The lowest BCUT2D eigenvalue weighted by Gasteiger charge is -2.12. The molecule has 0 saturated heterocycles. The fourth-order valence-corrected chi connectivity index (χ4v) is 3.64. The molecule has 1 amide bonds. The van der Waals surface area contributed by atoms with E-state index in [-0.39, 0.29) is 9.14 Å². The Labute approximate surface area is 146 Å². The van der Waals surface area contributed by atoms with E-state index in [2.05, 4.69) is 49.3 Å². The van der Waals surface area contributed by atoms with Gasteiger partial charge in [-0.2, -0.15) is 5.10 Å². The summed E-state index contributed by atoms with van der Waals surface area (Å²) in [4.78, 5) is 12.2. The third-order valence-electron chi connectivity index (χ3n) is 3.72. The van der Waals surface area contributed by atoms with Crippen molar-refractivity contribution in [3.05, 3.63) is 34.9 Å². The Morgan fingerprint density at radius 2 is 1.95 bits per heavy atom. The van der Waals surface area contributed by atoms with Gasteiger partial charge in [0.1, 0.15) is 0 Å². The summed E-state index contributed by atoms with van der Waals surface area (Å²) < 4.78 is -0.308. The molecular weight excluding hydrogens is 419 g/mol. The van der Waals surface area contributed by atoms with Crippen LogP contribution in [0.15, 0.2) is 29.4 Å². The Balaban J connectivity index is 2.12. The number of hydrogen-bond donors (Lipinski definition) is 1. The molecule has 6 heteroatoms. The molecular formula is C15H17Br2ClN2O. The maximum Gasteiger partial charge on any atom is 0.248 e. The molecule has 1 fully saturated rings. The second kappa shape index (κ2) is 6.39. The highest BCUT2D eigenvalue weighted by Crippen LogP contribution is 2.66. The SMILES string of the molecule is CCC/C(=N/NC(=O)[C@]1(C)CC1(Br)Br)c1ccc(Cl)cc1. The monoisotopic (exact) mass is 434 g/mol. The predicted octanol–water partition coefficient (Wildman–Crippen LogP) is 4.86. The zero-order valence-corrected chi connectivity index (χ0v) is 15.8. The number of hydrazone groups is 1. The highest BCUT2D eigenvalue weighted by atomic mass is 79.9. The summed E-state index contributed by atoms with van der Waals surface area (Å²) in [5.74, 6) is -0.0844. The molecule has 0 unspecified atom stereocenters. The number of hydrogen-bond acceptors (Lipinski definition) is 2. The van der Waals surface area contributed by atoms with Crippen LogP contribution in [0.2, 0.25) is 5.02 Å². The quantitative estimate of drug-likeness (QED) is 0.400. The predicted molar refractivity (Wildman–Crippen MR) is 94.3 cm³/mol. The minimum Gasteiger partial charge on any atom is -0.272 e. The van der Waals surface area contributed by atoms with E-state index >= 15 is 0 Å². The van der Waals surface area contributed by atoms with Gasteiger partial charge in [-0.25, -0.2) is 5.43 Å². The number of rotatable bonds is 5. The molecule has 0 heterocycles. The number of carbonyl (C=O) groups is 1. The maximum absolute atomic E-state index is 12.2. The molecule has 0 radical (unpaired) electrons. The number of amides is 1. The fraction of sp³-hybridized carbons (Fsp3) is 0.467. The topological polar surface area (TPSA) is 41.5 Å². The van der Waals surface area contributed by atoms with Gasteiger partial charge in [0, 0.05) is 5.02 Å². The van der Waals surface area contributed by atoms with Gasteiger partial charge in [-0.05, 0) is 37.5 Å². The van der Waals surface area contributed by atoms with Crippen molar-refractivity contribution in [3.8, 4) is 0 Å². The van der Waals surface area contributed by atoms with Crippen LogP contribution < -0.4 is 5.43 Å². The van der Waals surface area contributed by atoms with Gasteiger partial charge in [-0.1, -0.05) is 68.9 Å². The third kappa shape index (κ3) is 3.69. The summed E-state index contributed by atoms with van der Waals surface area (Å²) in [6, 6.07) is 7.49. The van der Waals surface area contributed by atoms with Crippen LogP contribution >= 0.6 is 43.5 Å². The molecule has 0 spiro atoms. The summed E-state index contributed by atoms with van der Waals surface area (Å²) >= 11 is 12.9. The highest BCUT2D eigenvalue weighted by Gasteiger charge is 2.66. The number of halogens is 3. The highest BCUT2D eigenvalue weighted by molar-refractivity contribution is 9.25. The van der Waals surface area contributed by atoms with Crippen molar-refractivity contribution < 1.29 is 4.79 Å². The van der Waals surface area contributed by atoms with Crippen LogP contribution in [0.1, 0.15) is 38.7 Å². The molecule has 1 saturated carbocycles. The van der Waals surface area contributed by atoms with Crippen molar-refractivity contribution in [2.24, 2.45) is 10.5 Å². The Morgan fingerprint density at radius 3 is 2.43 bits per heavy atom. The minimum absolute atomic E-state index is 0.0844. The van der Waals surface area contributed by atoms with Crippen molar-refractivity contribution in [2.75, 3.05) is 0 Å². The molecule has 0 bridgehead atoms. The average Bonchev–Trinajstić information content (AvgIpc) is 2.95. The molecule has 1 aliphatic rings. The number of benzene rings is 1. The van der Waals surface area contributed by atoms with Gasteiger partial charge in [0.25, 0.3) is 0 Å². The van der Waals surface area contributed by atoms with Gasteiger partial charge in [0.2, 0.25) is 5.91 Å². The summed E-state index contributed by atoms with van der Waals surface area (Å²) in [5, 5.41) is 5.01. The van der Waals surface area contributed by atoms with Crippen molar-refractivity contribution in [2.45, 2.75) is 36.3 Å². The standard InChI is InChI=1S/C15H17Br2ClN2O/c1-3-4-12(10-5-7-11(18)8-6-10)19-20-13(21)14(2)9-15(14,16)17/h5-8H,3-4,9H2,1-2H3,(H,20,21)/b19-12-/t14-/m0/s1. The lowest BCUT2D eigenvalue weighted by Crippen LogP contribution is -2.30. The van der Waals surface area contributed by atoms with Crippen molar-refractivity contribution in [1.82, 2.24) is 5.43 Å². The molecule has 1 aliphatic carbocycles. The first-order valence-corrected chi connectivity index (χ1v) is 8.77. The van der Waals surface area contributed by atoms with E-state index in [0.29, 0.717) is 5.02 Å². The van der Waals surface area contributed by atoms with Crippen molar-refractivity contribution in [1.29, 1.82) is 0 Å². The number of carbonyl (C=O) groups excluding carboxylic acids is 1. The summed E-state index contributed by atoms with van der Waals surface area (Å²) in [5.41, 5.74) is 4.07. The van der Waals surface area contributed by atoms with Crippen LogP contribution in [0.4, 0.5) is 0 Å². The van der Waals surface area contributed by atoms with E-state index in [4.69, 9.17) is 11.6 Å². The largest absolute Gasteiger partial charge is 0.272 e. The van der Waals surface area contributed by atoms with Crippen LogP contribution in [-0.4, -0.2) is 14.9 Å². The zero-order chi connectivity index (χ0) is 15.7. The van der Waals surface area contributed by atoms with E-state index < -0.39 is 5.41 Å². The van der Waals surface area contributed by atoms with Crippen LogP contribution in [0, 0.1) is 5.41 Å². The van der Waals surface area contributed by atoms with Crippen LogP contribution in [0.5, 0.6) is 0 Å². The maximum atomic E-state index is 12.2. The normalized spacial score (nSPS) is 23.8. The van der Waals surface area contributed by atoms with Gasteiger partial charge < -0.3 is 0 Å². The van der Waals surface area contributed by atoms with Crippen molar-refractivity contribution in [3.63, 3.8) is 0 Å². The summed E-state index contributed by atoms with van der Waals surface area (Å²) in [6.07, 6.45) is 2.49. The van der Waals surface area contributed by atoms with Crippen LogP contribution in [-0.2, 0) is 4.79 Å². The van der Waals surface area contributed by atoms with Gasteiger partial charge in [-0.3, -0.25) is 4.79 Å². The second-order valence-corrected chi connectivity index (χ2v) is 9.68. The fourth-order valence-electron chi connectivity index (χ4n) is 2.03. The lowest BCUT2D eigenvalue weighted by atomic mass is 10.1. The van der Waals surface area contributed by atoms with E-state index in [0.717, 1.165) is 30.5 Å². The first-order chi connectivity index (χ1) is 9.80. The molecule has 1 atom stereocenters. The molecule has 2 rings (SSSR count). The van der Waals surface area contributed by atoms with Gasteiger partial charge in [0.15, 0.2) is 0 Å². The molecule has 1 aromatic carbocycles. The molecule has 21 heavy (non-hydrogen) atoms. The zero-order valence-electron chi connectivity index (χ0n) is 11.9. The molecule has 1 aromatic rings. The van der Waals surface area contributed by atoms with E-state index in [1.807, 2.05) is 31.2 Å². The lowest BCUT2D eigenvalue weighted by molar-refractivity contribution is -0.125.